The lowest BCUT2D eigenvalue weighted by Gasteiger charge is -2.08. The molecule has 0 saturated heterocycles. The van der Waals surface area contributed by atoms with Crippen molar-refractivity contribution in [3.8, 4) is 22.3 Å². The summed E-state index contributed by atoms with van der Waals surface area (Å²) in [4.78, 5) is 32.8. The van der Waals surface area contributed by atoms with Gasteiger partial charge in [-0.1, -0.05) is 48.5 Å². The molecule has 0 aliphatic rings. The van der Waals surface area contributed by atoms with Crippen LogP contribution in [0.3, 0.4) is 0 Å². The molecule has 0 saturated carbocycles. The smallest absolute Gasteiger partial charge is 0.150 e. The van der Waals surface area contributed by atoms with Gasteiger partial charge in [0.15, 0.2) is 0 Å². The standard InChI is InChI=1S/C21H14O3/c22-12-15-1-5-18(6-2-15)20-9-17(14-24)10-21(11-20)19-7-3-16(13-23)4-8-19/h1-14H. The van der Waals surface area contributed by atoms with Crippen LogP contribution in [0.25, 0.3) is 22.3 Å². The van der Waals surface area contributed by atoms with Crippen LogP contribution < -0.4 is 0 Å². The molecule has 24 heavy (non-hydrogen) atoms. The maximum atomic E-state index is 11.3. The van der Waals surface area contributed by atoms with E-state index in [4.69, 9.17) is 0 Å². The van der Waals surface area contributed by atoms with Crippen molar-refractivity contribution in [2.24, 2.45) is 0 Å². The van der Waals surface area contributed by atoms with Crippen molar-refractivity contribution in [1.29, 1.82) is 0 Å². The first-order valence-electron chi connectivity index (χ1n) is 7.45. The molecule has 0 radical (unpaired) electrons. The van der Waals surface area contributed by atoms with Crippen molar-refractivity contribution in [2.75, 3.05) is 0 Å². The quantitative estimate of drug-likeness (QED) is 0.653. The fraction of sp³-hybridized carbons (Fsp3) is 0. The van der Waals surface area contributed by atoms with Gasteiger partial charge in [0, 0.05) is 16.7 Å². The normalized spacial score (nSPS) is 10.2. The number of benzene rings is 3. The average molecular weight is 314 g/mol. The molecule has 3 rings (SSSR count). The van der Waals surface area contributed by atoms with Crippen LogP contribution in [0.2, 0.25) is 0 Å². The molecule has 0 aromatic heterocycles. The van der Waals surface area contributed by atoms with E-state index in [9.17, 15) is 14.4 Å². The molecule has 0 N–H and O–H groups in total. The lowest BCUT2D eigenvalue weighted by Crippen LogP contribution is -1.88. The molecular formula is C21H14O3. The molecule has 116 valence electrons. The van der Waals surface area contributed by atoms with E-state index in [0.29, 0.717) is 16.7 Å². The van der Waals surface area contributed by atoms with Gasteiger partial charge in [-0.25, -0.2) is 0 Å². The van der Waals surface area contributed by atoms with E-state index in [1.807, 2.05) is 42.5 Å². The Kier molecular flexibility index (Phi) is 4.43. The van der Waals surface area contributed by atoms with Crippen LogP contribution in [0.15, 0.2) is 66.7 Å². The Bertz CT molecular complexity index is 822. The number of hydrogen-bond donors (Lipinski definition) is 0. The number of aldehydes is 3. The third-order valence-electron chi connectivity index (χ3n) is 3.85. The van der Waals surface area contributed by atoms with Gasteiger partial charge in [0.2, 0.25) is 0 Å². The Balaban J connectivity index is 2.08. The molecule has 0 bridgehead atoms. The summed E-state index contributed by atoms with van der Waals surface area (Å²) in [5.74, 6) is 0. The van der Waals surface area contributed by atoms with Gasteiger partial charge in [-0.2, -0.15) is 0 Å². The molecule has 3 aromatic carbocycles. The molecule has 0 fully saturated rings. The monoisotopic (exact) mass is 314 g/mol. The van der Waals surface area contributed by atoms with Crippen molar-refractivity contribution < 1.29 is 14.4 Å². The number of hydrogen-bond acceptors (Lipinski definition) is 3. The maximum absolute atomic E-state index is 11.3. The number of carbonyl (C=O) groups excluding carboxylic acids is 3. The Morgan fingerprint density at radius 1 is 0.417 bits per heavy atom. The highest BCUT2D eigenvalue weighted by Crippen LogP contribution is 2.28. The van der Waals surface area contributed by atoms with Crippen molar-refractivity contribution in [1.82, 2.24) is 0 Å². The van der Waals surface area contributed by atoms with Gasteiger partial charge in [-0.3, -0.25) is 14.4 Å². The Morgan fingerprint density at radius 2 is 0.792 bits per heavy atom. The molecule has 0 amide bonds. The third-order valence-corrected chi connectivity index (χ3v) is 3.85. The predicted octanol–water partition coefficient (Wildman–Crippen LogP) is 4.46. The zero-order valence-electron chi connectivity index (χ0n) is 12.8. The summed E-state index contributed by atoms with van der Waals surface area (Å²) in [7, 11) is 0. The second kappa shape index (κ2) is 6.84. The zero-order valence-corrected chi connectivity index (χ0v) is 12.8. The summed E-state index contributed by atoms with van der Waals surface area (Å²) >= 11 is 0. The van der Waals surface area contributed by atoms with Gasteiger partial charge >= 0.3 is 0 Å². The summed E-state index contributed by atoms with van der Waals surface area (Å²) in [6.07, 6.45) is 2.41. The largest absolute Gasteiger partial charge is 0.298 e. The molecule has 3 aromatic rings. The Labute approximate surface area is 139 Å². The van der Waals surface area contributed by atoms with Gasteiger partial charge in [-0.05, 0) is 40.5 Å². The summed E-state index contributed by atoms with van der Waals surface area (Å²) in [5.41, 5.74) is 5.43. The van der Waals surface area contributed by atoms with Crippen molar-refractivity contribution >= 4 is 18.9 Å². The van der Waals surface area contributed by atoms with Gasteiger partial charge < -0.3 is 0 Å². The minimum atomic E-state index is 0.571. The highest BCUT2D eigenvalue weighted by atomic mass is 16.1. The predicted molar refractivity (Wildman–Crippen MR) is 93.5 cm³/mol. The molecule has 0 atom stereocenters. The van der Waals surface area contributed by atoms with Crippen LogP contribution in [0.4, 0.5) is 0 Å². The van der Waals surface area contributed by atoms with Crippen LogP contribution >= 0.6 is 0 Å². The number of rotatable bonds is 5. The highest BCUT2D eigenvalue weighted by molar-refractivity contribution is 5.85. The van der Waals surface area contributed by atoms with Gasteiger partial charge in [-0.15, -0.1) is 0 Å². The number of carbonyl (C=O) groups is 3. The minimum absolute atomic E-state index is 0.571. The highest BCUT2D eigenvalue weighted by Gasteiger charge is 2.06. The van der Waals surface area contributed by atoms with E-state index < -0.39 is 0 Å². The molecule has 0 heterocycles. The zero-order chi connectivity index (χ0) is 16.9. The lowest BCUT2D eigenvalue weighted by molar-refractivity contribution is 0.111. The molecule has 3 heteroatoms. The van der Waals surface area contributed by atoms with Crippen LogP contribution in [-0.4, -0.2) is 18.9 Å². The van der Waals surface area contributed by atoms with E-state index in [-0.39, 0.29) is 0 Å². The van der Waals surface area contributed by atoms with E-state index in [1.165, 1.54) is 0 Å². The third kappa shape index (κ3) is 3.20. The van der Waals surface area contributed by atoms with E-state index in [0.717, 1.165) is 41.1 Å². The van der Waals surface area contributed by atoms with E-state index >= 15 is 0 Å². The first kappa shape index (κ1) is 15.6. The molecule has 0 spiro atoms. The molecule has 0 unspecified atom stereocenters. The van der Waals surface area contributed by atoms with Crippen LogP contribution in [0.5, 0.6) is 0 Å². The summed E-state index contributed by atoms with van der Waals surface area (Å²) in [6, 6.07) is 20.0. The second-order valence-corrected chi connectivity index (χ2v) is 5.44. The van der Waals surface area contributed by atoms with Gasteiger partial charge in [0.1, 0.15) is 18.9 Å². The van der Waals surface area contributed by atoms with Crippen LogP contribution in [0, 0.1) is 0 Å². The topological polar surface area (TPSA) is 51.2 Å². The lowest BCUT2D eigenvalue weighted by atomic mass is 9.95. The SMILES string of the molecule is O=Cc1ccc(-c2cc(C=O)cc(-c3ccc(C=O)cc3)c2)cc1. The molecule has 0 aliphatic heterocycles. The fourth-order valence-corrected chi connectivity index (χ4v) is 2.56. The fourth-order valence-electron chi connectivity index (χ4n) is 2.56. The van der Waals surface area contributed by atoms with Crippen LogP contribution in [-0.2, 0) is 0 Å². The van der Waals surface area contributed by atoms with Crippen molar-refractivity contribution in [3.05, 3.63) is 83.4 Å². The van der Waals surface area contributed by atoms with Crippen molar-refractivity contribution in [2.45, 2.75) is 0 Å². The second-order valence-electron chi connectivity index (χ2n) is 5.44. The first-order valence-corrected chi connectivity index (χ1v) is 7.45. The maximum Gasteiger partial charge on any atom is 0.150 e. The summed E-state index contributed by atoms with van der Waals surface area (Å²) in [6.45, 7) is 0. The van der Waals surface area contributed by atoms with E-state index in [2.05, 4.69) is 0 Å². The molecule has 3 nitrogen and oxygen atoms in total. The van der Waals surface area contributed by atoms with Gasteiger partial charge in [0.25, 0.3) is 0 Å². The summed E-state index contributed by atoms with van der Waals surface area (Å²) in [5, 5.41) is 0. The Morgan fingerprint density at radius 3 is 1.12 bits per heavy atom. The van der Waals surface area contributed by atoms with Crippen molar-refractivity contribution in [3.63, 3.8) is 0 Å². The Hall–Kier alpha value is -3.33. The van der Waals surface area contributed by atoms with E-state index in [1.54, 1.807) is 24.3 Å². The molecular weight excluding hydrogens is 300 g/mol. The van der Waals surface area contributed by atoms with Crippen LogP contribution in [0.1, 0.15) is 31.1 Å². The average Bonchev–Trinajstić information content (AvgIpc) is 2.67. The molecule has 0 aliphatic carbocycles. The minimum Gasteiger partial charge on any atom is -0.298 e. The summed E-state index contributed by atoms with van der Waals surface area (Å²) < 4.78 is 0. The first-order chi connectivity index (χ1) is 11.7. The van der Waals surface area contributed by atoms with Gasteiger partial charge in [0.05, 0.1) is 0 Å².